The van der Waals surface area contributed by atoms with Gasteiger partial charge in [0.05, 0.1) is 5.92 Å². The normalized spacial score (nSPS) is 17.9. The van der Waals surface area contributed by atoms with E-state index in [1.54, 1.807) is 4.90 Å². The van der Waals surface area contributed by atoms with Crippen LogP contribution in [-0.4, -0.2) is 48.4 Å². The van der Waals surface area contributed by atoms with Gasteiger partial charge in [-0.15, -0.1) is 0 Å². The van der Waals surface area contributed by atoms with Crippen molar-refractivity contribution in [1.82, 2.24) is 10.2 Å². The summed E-state index contributed by atoms with van der Waals surface area (Å²) in [5, 5.41) is 2.76. The Balaban J connectivity index is 1.42. The van der Waals surface area contributed by atoms with Gasteiger partial charge in [0.2, 0.25) is 0 Å². The third-order valence-corrected chi connectivity index (χ3v) is 4.49. The second kappa shape index (κ2) is 7.63. The highest BCUT2D eigenvalue weighted by Gasteiger charge is 2.29. The Morgan fingerprint density at radius 3 is 2.32 bits per heavy atom. The Morgan fingerprint density at radius 2 is 1.72 bits per heavy atom. The maximum atomic E-state index is 12.9. The number of nitrogens with one attached hydrogen (secondary N) is 1. The largest absolute Gasteiger partial charge is 0.455 e. The van der Waals surface area contributed by atoms with Gasteiger partial charge in [0.15, 0.2) is 6.61 Å². The lowest BCUT2D eigenvalue weighted by Gasteiger charge is -2.31. The first-order chi connectivity index (χ1) is 12.0. The highest BCUT2D eigenvalue weighted by molar-refractivity contribution is 5.94. The molecule has 0 aromatic heterocycles. The standard InChI is InChI=1S/C18H21FN2O4/c19-14-3-1-12(2-4-14)17(23)21-9-7-13(8-10-21)18(24)25-11-16(22)20-15-5-6-15/h1-4,13,15H,5-11H2,(H,20,22). The summed E-state index contributed by atoms with van der Waals surface area (Å²) >= 11 is 0. The summed E-state index contributed by atoms with van der Waals surface area (Å²) in [6, 6.07) is 5.66. The quantitative estimate of drug-likeness (QED) is 0.818. The van der Waals surface area contributed by atoms with Gasteiger partial charge in [-0.1, -0.05) is 0 Å². The molecule has 2 aliphatic rings. The molecule has 0 unspecified atom stereocenters. The molecule has 1 saturated heterocycles. The molecule has 2 amide bonds. The molecule has 0 radical (unpaired) electrons. The minimum absolute atomic E-state index is 0.171. The number of likely N-dealkylation sites (tertiary alicyclic amines) is 1. The van der Waals surface area contributed by atoms with E-state index in [1.807, 2.05) is 0 Å². The number of ether oxygens (including phenoxy) is 1. The molecule has 1 N–H and O–H groups in total. The van der Waals surface area contributed by atoms with Crippen molar-refractivity contribution in [2.45, 2.75) is 31.7 Å². The number of halogens is 1. The Kier molecular flexibility index (Phi) is 5.31. The van der Waals surface area contributed by atoms with Crippen molar-refractivity contribution in [3.63, 3.8) is 0 Å². The van der Waals surface area contributed by atoms with Crippen molar-refractivity contribution >= 4 is 17.8 Å². The van der Waals surface area contributed by atoms with Gasteiger partial charge in [0, 0.05) is 24.7 Å². The number of piperidine rings is 1. The molecular formula is C18H21FN2O4. The van der Waals surface area contributed by atoms with Gasteiger partial charge in [0.25, 0.3) is 11.8 Å². The topological polar surface area (TPSA) is 75.7 Å². The van der Waals surface area contributed by atoms with E-state index in [9.17, 15) is 18.8 Å². The summed E-state index contributed by atoms with van der Waals surface area (Å²) < 4.78 is 18.0. The molecule has 1 heterocycles. The van der Waals surface area contributed by atoms with Crippen LogP contribution in [-0.2, 0) is 14.3 Å². The molecule has 0 spiro atoms. The maximum Gasteiger partial charge on any atom is 0.309 e. The lowest BCUT2D eigenvalue weighted by atomic mass is 9.96. The molecule has 1 saturated carbocycles. The molecule has 6 nitrogen and oxygen atoms in total. The number of benzene rings is 1. The van der Waals surface area contributed by atoms with E-state index >= 15 is 0 Å². The average molecular weight is 348 g/mol. The van der Waals surface area contributed by atoms with Crippen molar-refractivity contribution in [3.8, 4) is 0 Å². The molecule has 1 aromatic carbocycles. The minimum atomic E-state index is -0.389. The van der Waals surface area contributed by atoms with Crippen molar-refractivity contribution in [3.05, 3.63) is 35.6 Å². The summed E-state index contributed by atoms with van der Waals surface area (Å²) in [5.74, 6) is -1.51. The zero-order chi connectivity index (χ0) is 17.8. The number of nitrogens with zero attached hydrogens (tertiary/aromatic N) is 1. The van der Waals surface area contributed by atoms with Crippen LogP contribution in [0.15, 0.2) is 24.3 Å². The molecule has 7 heteroatoms. The average Bonchev–Trinajstić information content (AvgIpc) is 3.44. The molecule has 2 fully saturated rings. The number of hydrogen-bond acceptors (Lipinski definition) is 4. The van der Waals surface area contributed by atoms with Crippen molar-refractivity contribution in [2.24, 2.45) is 5.92 Å². The van der Waals surface area contributed by atoms with Crippen molar-refractivity contribution in [1.29, 1.82) is 0 Å². The van der Waals surface area contributed by atoms with E-state index in [0.717, 1.165) is 12.8 Å². The van der Waals surface area contributed by atoms with Crippen LogP contribution in [0.2, 0.25) is 0 Å². The molecule has 25 heavy (non-hydrogen) atoms. The fourth-order valence-corrected chi connectivity index (χ4v) is 2.84. The van der Waals surface area contributed by atoms with E-state index in [1.165, 1.54) is 24.3 Å². The van der Waals surface area contributed by atoms with E-state index in [0.29, 0.717) is 31.5 Å². The first-order valence-electron chi connectivity index (χ1n) is 8.54. The van der Waals surface area contributed by atoms with E-state index in [-0.39, 0.29) is 42.2 Å². The van der Waals surface area contributed by atoms with Crippen LogP contribution in [0.5, 0.6) is 0 Å². The molecule has 0 bridgehead atoms. The number of amides is 2. The third-order valence-electron chi connectivity index (χ3n) is 4.49. The fraction of sp³-hybridized carbons (Fsp3) is 0.500. The highest BCUT2D eigenvalue weighted by Crippen LogP contribution is 2.21. The molecule has 1 aliphatic heterocycles. The van der Waals surface area contributed by atoms with E-state index < -0.39 is 0 Å². The van der Waals surface area contributed by atoms with Gasteiger partial charge in [-0.25, -0.2) is 4.39 Å². The van der Waals surface area contributed by atoms with Gasteiger partial charge < -0.3 is 15.0 Å². The van der Waals surface area contributed by atoms with Crippen molar-refractivity contribution in [2.75, 3.05) is 19.7 Å². The predicted octanol–water partition coefficient (Wildman–Crippen LogP) is 1.50. The second-order valence-electron chi connectivity index (χ2n) is 6.52. The third kappa shape index (κ3) is 4.78. The Morgan fingerprint density at radius 1 is 1.08 bits per heavy atom. The summed E-state index contributed by atoms with van der Waals surface area (Å²) in [5.41, 5.74) is 0.430. The zero-order valence-corrected chi connectivity index (χ0v) is 13.9. The SMILES string of the molecule is O=C(COC(=O)C1CCN(C(=O)c2ccc(F)cc2)CC1)NC1CC1. The van der Waals surface area contributed by atoms with Gasteiger partial charge in [0.1, 0.15) is 5.82 Å². The first-order valence-corrected chi connectivity index (χ1v) is 8.54. The fourth-order valence-electron chi connectivity index (χ4n) is 2.84. The van der Waals surface area contributed by atoms with Crippen LogP contribution in [0.25, 0.3) is 0 Å². The van der Waals surface area contributed by atoms with Crippen LogP contribution in [0, 0.1) is 11.7 Å². The molecular weight excluding hydrogens is 327 g/mol. The van der Waals surface area contributed by atoms with E-state index in [2.05, 4.69) is 5.32 Å². The van der Waals surface area contributed by atoms with Crippen LogP contribution in [0.3, 0.4) is 0 Å². The molecule has 3 rings (SSSR count). The molecule has 1 aromatic rings. The number of rotatable bonds is 5. The maximum absolute atomic E-state index is 12.9. The highest BCUT2D eigenvalue weighted by atomic mass is 19.1. The Bertz CT molecular complexity index is 650. The van der Waals surface area contributed by atoms with Crippen LogP contribution in [0.4, 0.5) is 4.39 Å². The van der Waals surface area contributed by atoms with Crippen LogP contribution < -0.4 is 5.32 Å². The number of hydrogen-bond donors (Lipinski definition) is 1. The van der Waals surface area contributed by atoms with Crippen LogP contribution >= 0.6 is 0 Å². The summed E-state index contributed by atoms with van der Waals surface area (Å²) in [6.07, 6.45) is 2.96. The smallest absolute Gasteiger partial charge is 0.309 e. The predicted molar refractivity (Wildman–Crippen MR) is 87.2 cm³/mol. The van der Waals surface area contributed by atoms with Gasteiger partial charge in [-0.05, 0) is 49.9 Å². The number of esters is 1. The Hall–Kier alpha value is -2.44. The van der Waals surface area contributed by atoms with Gasteiger partial charge >= 0.3 is 5.97 Å². The number of carbonyl (C=O) groups is 3. The minimum Gasteiger partial charge on any atom is -0.455 e. The van der Waals surface area contributed by atoms with Gasteiger partial charge in [-0.2, -0.15) is 0 Å². The summed E-state index contributed by atoms with van der Waals surface area (Å²) in [4.78, 5) is 37.6. The lowest BCUT2D eigenvalue weighted by Crippen LogP contribution is -2.41. The Labute approximate surface area is 145 Å². The monoisotopic (exact) mass is 348 g/mol. The first kappa shape index (κ1) is 17.4. The molecule has 0 atom stereocenters. The van der Waals surface area contributed by atoms with E-state index in [4.69, 9.17) is 4.74 Å². The second-order valence-corrected chi connectivity index (χ2v) is 6.52. The lowest BCUT2D eigenvalue weighted by molar-refractivity contribution is -0.153. The summed E-state index contributed by atoms with van der Waals surface area (Å²) in [6.45, 7) is 0.624. The molecule has 134 valence electrons. The van der Waals surface area contributed by atoms with Crippen LogP contribution in [0.1, 0.15) is 36.0 Å². The summed E-state index contributed by atoms with van der Waals surface area (Å²) in [7, 11) is 0. The van der Waals surface area contributed by atoms with Gasteiger partial charge in [-0.3, -0.25) is 14.4 Å². The zero-order valence-electron chi connectivity index (χ0n) is 13.9. The number of carbonyl (C=O) groups excluding carboxylic acids is 3. The molecule has 1 aliphatic carbocycles. The van der Waals surface area contributed by atoms with Crippen molar-refractivity contribution < 1.29 is 23.5 Å².